The third-order valence-electron chi connectivity index (χ3n) is 3.76. The lowest BCUT2D eigenvalue weighted by Crippen LogP contribution is -2.42. The van der Waals surface area contributed by atoms with E-state index < -0.39 is 9.84 Å². The number of amides is 1. The van der Waals surface area contributed by atoms with Gasteiger partial charge in [-0.3, -0.25) is 4.79 Å². The predicted octanol–water partition coefficient (Wildman–Crippen LogP) is 1.22. The number of ether oxygens (including phenoxy) is 2. The molecule has 0 spiro atoms. The van der Waals surface area contributed by atoms with Gasteiger partial charge < -0.3 is 14.4 Å². The van der Waals surface area contributed by atoms with Gasteiger partial charge in [0.2, 0.25) is 5.91 Å². The lowest BCUT2D eigenvalue weighted by molar-refractivity contribution is -0.116. The summed E-state index contributed by atoms with van der Waals surface area (Å²) in [5.41, 5.74) is 0.581. The number of hydrogen-bond acceptors (Lipinski definition) is 5. The molecule has 0 bridgehead atoms. The Morgan fingerprint density at radius 1 is 1.27 bits per heavy atom. The van der Waals surface area contributed by atoms with E-state index in [0.717, 1.165) is 0 Å². The zero-order valence-corrected chi connectivity index (χ0v) is 13.4. The van der Waals surface area contributed by atoms with Crippen molar-refractivity contribution in [2.45, 2.75) is 12.5 Å². The molecule has 1 unspecified atom stereocenters. The van der Waals surface area contributed by atoms with Crippen molar-refractivity contribution >= 4 is 33.0 Å². The number of nitrogens with zero attached hydrogens (tertiary/aromatic N) is 1. The van der Waals surface area contributed by atoms with E-state index in [1.54, 1.807) is 18.2 Å². The molecule has 1 atom stereocenters. The summed E-state index contributed by atoms with van der Waals surface area (Å²) >= 11 is 5.69. The van der Waals surface area contributed by atoms with E-state index in [-0.39, 0.29) is 29.3 Å². The molecule has 1 aromatic carbocycles. The standard InChI is InChI=1S/C14H16ClNO5S/c15-8-14(17)16(11-3-6-22(18,19)9-11)10-1-2-12-13(7-10)21-5-4-20-12/h1-2,7,11H,3-6,8-9H2. The number of hydrogen-bond donors (Lipinski definition) is 0. The van der Waals surface area contributed by atoms with Gasteiger partial charge in [0.05, 0.1) is 17.5 Å². The fourth-order valence-corrected chi connectivity index (χ4v) is 4.61. The molecule has 0 aliphatic carbocycles. The maximum atomic E-state index is 12.2. The molecule has 22 heavy (non-hydrogen) atoms. The summed E-state index contributed by atoms with van der Waals surface area (Å²) in [6, 6.07) is 4.76. The fraction of sp³-hybridized carbons (Fsp3) is 0.500. The van der Waals surface area contributed by atoms with Crippen LogP contribution < -0.4 is 14.4 Å². The normalized spacial score (nSPS) is 22.3. The second-order valence-electron chi connectivity index (χ2n) is 5.28. The van der Waals surface area contributed by atoms with Crippen LogP contribution in [0.2, 0.25) is 0 Å². The third-order valence-corrected chi connectivity index (χ3v) is 5.74. The van der Waals surface area contributed by atoms with Gasteiger partial charge in [0, 0.05) is 11.8 Å². The first-order valence-electron chi connectivity index (χ1n) is 6.98. The first-order valence-corrected chi connectivity index (χ1v) is 9.34. The topological polar surface area (TPSA) is 72.9 Å². The Balaban J connectivity index is 1.94. The highest BCUT2D eigenvalue weighted by Crippen LogP contribution is 2.35. The summed E-state index contributed by atoms with van der Waals surface area (Å²) < 4.78 is 34.4. The number of carbonyl (C=O) groups excluding carboxylic acids is 1. The summed E-state index contributed by atoms with van der Waals surface area (Å²) in [7, 11) is -3.10. The molecule has 8 heteroatoms. The minimum atomic E-state index is -3.10. The molecule has 2 aliphatic heterocycles. The van der Waals surface area contributed by atoms with Crippen LogP contribution in [0.5, 0.6) is 11.5 Å². The Bertz CT molecular complexity index is 690. The number of anilines is 1. The van der Waals surface area contributed by atoms with Gasteiger partial charge in [0.25, 0.3) is 0 Å². The number of sulfone groups is 1. The Morgan fingerprint density at radius 2 is 2.00 bits per heavy atom. The van der Waals surface area contributed by atoms with E-state index in [1.165, 1.54) is 4.90 Å². The first-order chi connectivity index (χ1) is 10.5. The van der Waals surface area contributed by atoms with Crippen molar-refractivity contribution in [2.24, 2.45) is 0 Å². The number of fused-ring (bicyclic) bond motifs is 1. The summed E-state index contributed by atoms with van der Waals surface area (Å²) in [5, 5.41) is 0. The van der Waals surface area contributed by atoms with Crippen molar-refractivity contribution in [1.82, 2.24) is 0 Å². The van der Waals surface area contributed by atoms with Crippen LogP contribution in [-0.2, 0) is 14.6 Å². The molecule has 120 valence electrons. The smallest absolute Gasteiger partial charge is 0.242 e. The van der Waals surface area contributed by atoms with E-state index in [9.17, 15) is 13.2 Å². The second-order valence-corrected chi connectivity index (χ2v) is 7.78. The zero-order chi connectivity index (χ0) is 15.7. The van der Waals surface area contributed by atoms with Crippen LogP contribution in [0.4, 0.5) is 5.69 Å². The third kappa shape index (κ3) is 3.01. The van der Waals surface area contributed by atoms with Gasteiger partial charge in [0.1, 0.15) is 19.1 Å². The highest BCUT2D eigenvalue weighted by molar-refractivity contribution is 7.91. The average Bonchev–Trinajstić information content (AvgIpc) is 2.87. The van der Waals surface area contributed by atoms with E-state index >= 15 is 0 Å². The van der Waals surface area contributed by atoms with E-state index in [0.29, 0.717) is 36.8 Å². The lowest BCUT2D eigenvalue weighted by Gasteiger charge is -2.29. The molecule has 1 amide bonds. The van der Waals surface area contributed by atoms with Crippen LogP contribution in [0.3, 0.4) is 0 Å². The van der Waals surface area contributed by atoms with Gasteiger partial charge in [-0.15, -0.1) is 11.6 Å². The Kier molecular flexibility index (Phi) is 4.18. The number of halogens is 1. The SMILES string of the molecule is O=C(CCl)N(c1ccc2c(c1)OCCO2)C1CCS(=O)(=O)C1. The predicted molar refractivity (Wildman–Crippen MR) is 82.7 cm³/mol. The van der Waals surface area contributed by atoms with E-state index in [4.69, 9.17) is 21.1 Å². The molecule has 2 heterocycles. The molecular formula is C14H16ClNO5S. The van der Waals surface area contributed by atoms with Crippen LogP contribution >= 0.6 is 11.6 Å². The summed E-state index contributed by atoms with van der Waals surface area (Å²) in [4.78, 5) is 13.7. The highest BCUT2D eigenvalue weighted by Gasteiger charge is 2.35. The monoisotopic (exact) mass is 345 g/mol. The van der Waals surface area contributed by atoms with Crippen molar-refractivity contribution in [3.8, 4) is 11.5 Å². The maximum Gasteiger partial charge on any atom is 0.242 e. The molecular weight excluding hydrogens is 330 g/mol. The van der Waals surface area contributed by atoms with Gasteiger partial charge in [0.15, 0.2) is 21.3 Å². The van der Waals surface area contributed by atoms with E-state index in [2.05, 4.69) is 0 Å². The number of benzene rings is 1. The van der Waals surface area contributed by atoms with Gasteiger partial charge in [-0.2, -0.15) is 0 Å². The van der Waals surface area contributed by atoms with Gasteiger partial charge in [-0.25, -0.2) is 8.42 Å². The summed E-state index contributed by atoms with van der Waals surface area (Å²) in [6.07, 6.45) is 0.416. The molecule has 1 fully saturated rings. The minimum absolute atomic E-state index is 0.0376. The summed E-state index contributed by atoms with van der Waals surface area (Å²) in [6.45, 7) is 0.926. The number of alkyl halides is 1. The van der Waals surface area contributed by atoms with Crippen molar-refractivity contribution in [2.75, 3.05) is 35.5 Å². The van der Waals surface area contributed by atoms with Gasteiger partial charge in [-0.05, 0) is 18.6 Å². The zero-order valence-electron chi connectivity index (χ0n) is 11.8. The summed E-state index contributed by atoms with van der Waals surface area (Å²) in [5.74, 6) is 0.702. The first kappa shape index (κ1) is 15.4. The molecule has 3 rings (SSSR count). The van der Waals surface area contributed by atoms with E-state index in [1.807, 2.05) is 0 Å². The van der Waals surface area contributed by atoms with Crippen LogP contribution in [0.25, 0.3) is 0 Å². The molecule has 1 saturated heterocycles. The van der Waals surface area contributed by atoms with Crippen molar-refractivity contribution in [3.05, 3.63) is 18.2 Å². The Labute approximate surface area is 133 Å². The minimum Gasteiger partial charge on any atom is -0.486 e. The Hall–Kier alpha value is -1.47. The average molecular weight is 346 g/mol. The lowest BCUT2D eigenvalue weighted by atomic mass is 10.1. The molecule has 0 N–H and O–H groups in total. The van der Waals surface area contributed by atoms with Crippen LogP contribution in [0, 0.1) is 0 Å². The second kappa shape index (κ2) is 5.96. The molecule has 6 nitrogen and oxygen atoms in total. The highest BCUT2D eigenvalue weighted by atomic mass is 35.5. The van der Waals surface area contributed by atoms with Gasteiger partial charge in [-0.1, -0.05) is 0 Å². The van der Waals surface area contributed by atoms with Crippen LogP contribution in [0.1, 0.15) is 6.42 Å². The molecule has 0 radical (unpaired) electrons. The fourth-order valence-electron chi connectivity index (χ4n) is 2.78. The van der Waals surface area contributed by atoms with Crippen molar-refractivity contribution in [1.29, 1.82) is 0 Å². The van der Waals surface area contributed by atoms with Gasteiger partial charge >= 0.3 is 0 Å². The molecule has 0 saturated carbocycles. The largest absolute Gasteiger partial charge is 0.486 e. The Morgan fingerprint density at radius 3 is 2.64 bits per heavy atom. The number of carbonyl (C=O) groups is 1. The van der Waals surface area contributed by atoms with Crippen LogP contribution in [0.15, 0.2) is 18.2 Å². The molecule has 1 aromatic rings. The quantitative estimate of drug-likeness (QED) is 0.770. The number of rotatable bonds is 3. The molecule has 0 aromatic heterocycles. The maximum absolute atomic E-state index is 12.2. The van der Waals surface area contributed by atoms with Crippen LogP contribution in [-0.4, -0.2) is 51.0 Å². The van der Waals surface area contributed by atoms with Crippen molar-refractivity contribution in [3.63, 3.8) is 0 Å². The van der Waals surface area contributed by atoms with Crippen molar-refractivity contribution < 1.29 is 22.7 Å². The molecule has 2 aliphatic rings.